The molecule has 1 heterocycles. The molecule has 3 nitrogen and oxygen atoms in total. The Kier molecular flexibility index (Phi) is 3.20. The first-order valence-electron chi connectivity index (χ1n) is 4.09. The number of rotatable bonds is 2. The fraction of sp³-hybridized carbons (Fsp3) is 0.200. The van der Waals surface area contributed by atoms with Gasteiger partial charge in [0.05, 0.1) is 0 Å². The first-order valence-corrected chi connectivity index (χ1v) is 4.09. The van der Waals surface area contributed by atoms with Crippen molar-refractivity contribution in [2.75, 3.05) is 0 Å². The van der Waals surface area contributed by atoms with Gasteiger partial charge in [0.2, 0.25) is 0 Å². The van der Waals surface area contributed by atoms with Crippen LogP contribution in [0, 0.1) is 13.8 Å². The summed E-state index contributed by atoms with van der Waals surface area (Å²) in [5, 5.41) is 0. The number of pyridine rings is 1. The van der Waals surface area contributed by atoms with Gasteiger partial charge in [0, 0.05) is 11.9 Å². The molecule has 0 saturated heterocycles. The van der Waals surface area contributed by atoms with E-state index in [0.717, 1.165) is 5.69 Å². The molecule has 0 aliphatic carbocycles. The highest BCUT2D eigenvalue weighted by Crippen LogP contribution is 2.11. The van der Waals surface area contributed by atoms with Gasteiger partial charge in [0.25, 0.3) is 0 Å². The number of aromatic nitrogens is 1. The number of allylic oxidation sites excluding steroid dienone is 1. The average molecular weight is 175 g/mol. The number of hydrogen-bond acceptors (Lipinski definition) is 3. The molecule has 0 aliphatic heterocycles. The third kappa shape index (κ3) is 2.71. The molecule has 1 rings (SSSR count). The van der Waals surface area contributed by atoms with E-state index in [1.165, 1.54) is 11.8 Å². The number of aliphatic imine (C=N–C) groups is 1. The minimum Gasteiger partial charge on any atom is -0.405 e. The summed E-state index contributed by atoms with van der Waals surface area (Å²) in [5.74, 6) is 0.709. The molecule has 0 radical (unpaired) electrons. The highest BCUT2D eigenvalue weighted by molar-refractivity contribution is 5.73. The molecule has 0 atom stereocenters. The van der Waals surface area contributed by atoms with Gasteiger partial charge in [-0.2, -0.15) is 0 Å². The van der Waals surface area contributed by atoms with Crippen molar-refractivity contribution in [2.45, 2.75) is 13.8 Å². The minimum atomic E-state index is 0.709. The molecule has 0 bridgehead atoms. The Balaban J connectivity index is 2.85. The summed E-state index contributed by atoms with van der Waals surface area (Å²) in [4.78, 5) is 8.37. The molecule has 0 fully saturated rings. The normalized spacial score (nSPS) is 11.5. The lowest BCUT2D eigenvalue weighted by molar-refractivity contribution is 1.14. The van der Waals surface area contributed by atoms with Gasteiger partial charge in [-0.1, -0.05) is 6.07 Å². The van der Waals surface area contributed by atoms with Crippen LogP contribution in [0.25, 0.3) is 0 Å². The molecule has 0 aliphatic rings. The molecule has 3 heteroatoms. The van der Waals surface area contributed by atoms with E-state index in [1.54, 1.807) is 12.3 Å². The van der Waals surface area contributed by atoms with Gasteiger partial charge in [0.15, 0.2) is 5.82 Å². The minimum absolute atomic E-state index is 0.709. The summed E-state index contributed by atoms with van der Waals surface area (Å²) >= 11 is 0. The maximum Gasteiger partial charge on any atom is 0.152 e. The molecule has 68 valence electrons. The zero-order chi connectivity index (χ0) is 9.68. The first kappa shape index (κ1) is 9.45. The Bertz CT molecular complexity index is 340. The molecule has 0 spiro atoms. The molecular weight excluding hydrogens is 162 g/mol. The van der Waals surface area contributed by atoms with Gasteiger partial charge in [-0.05, 0) is 37.8 Å². The predicted molar refractivity (Wildman–Crippen MR) is 55.2 cm³/mol. The molecule has 0 saturated carbocycles. The van der Waals surface area contributed by atoms with Gasteiger partial charge in [-0.25, -0.2) is 9.98 Å². The van der Waals surface area contributed by atoms with E-state index in [1.807, 2.05) is 26.0 Å². The SMILES string of the molecule is Cc1ccc(N=C/C=C\N)nc1C. The van der Waals surface area contributed by atoms with Crippen molar-refractivity contribution < 1.29 is 0 Å². The summed E-state index contributed by atoms with van der Waals surface area (Å²) < 4.78 is 0. The van der Waals surface area contributed by atoms with E-state index >= 15 is 0 Å². The number of hydrogen-bond donors (Lipinski definition) is 1. The van der Waals surface area contributed by atoms with Crippen molar-refractivity contribution >= 4 is 12.0 Å². The lowest BCUT2D eigenvalue weighted by atomic mass is 10.2. The topological polar surface area (TPSA) is 51.3 Å². The Morgan fingerprint density at radius 3 is 2.77 bits per heavy atom. The molecular formula is C10H13N3. The molecule has 0 aromatic carbocycles. The second-order valence-corrected chi connectivity index (χ2v) is 2.73. The fourth-order valence-electron chi connectivity index (χ4n) is 0.858. The van der Waals surface area contributed by atoms with Crippen LogP contribution < -0.4 is 5.73 Å². The number of aryl methyl sites for hydroxylation is 2. The summed E-state index contributed by atoms with van der Waals surface area (Å²) in [6.07, 6.45) is 4.72. The standard InChI is InChI=1S/C10H13N3/c1-8-4-5-10(13-9(8)2)12-7-3-6-11/h3-7H,11H2,1-2H3/b6-3-,12-7?. The van der Waals surface area contributed by atoms with Crippen molar-refractivity contribution in [3.63, 3.8) is 0 Å². The van der Waals surface area contributed by atoms with Crippen LogP contribution in [0.1, 0.15) is 11.3 Å². The van der Waals surface area contributed by atoms with Gasteiger partial charge < -0.3 is 5.73 Å². The number of nitrogens with zero attached hydrogens (tertiary/aromatic N) is 2. The maximum atomic E-state index is 5.15. The Morgan fingerprint density at radius 1 is 1.38 bits per heavy atom. The maximum absolute atomic E-state index is 5.15. The molecule has 1 aromatic rings. The van der Waals surface area contributed by atoms with Crippen LogP contribution in [0.2, 0.25) is 0 Å². The van der Waals surface area contributed by atoms with E-state index < -0.39 is 0 Å². The van der Waals surface area contributed by atoms with Crippen molar-refractivity contribution in [1.29, 1.82) is 0 Å². The van der Waals surface area contributed by atoms with E-state index in [2.05, 4.69) is 9.98 Å². The largest absolute Gasteiger partial charge is 0.405 e. The van der Waals surface area contributed by atoms with Crippen LogP contribution in [-0.2, 0) is 0 Å². The second kappa shape index (κ2) is 4.40. The van der Waals surface area contributed by atoms with Crippen LogP contribution in [0.3, 0.4) is 0 Å². The monoisotopic (exact) mass is 175 g/mol. The van der Waals surface area contributed by atoms with Crippen LogP contribution in [-0.4, -0.2) is 11.2 Å². The van der Waals surface area contributed by atoms with Crippen LogP contribution in [0.15, 0.2) is 29.4 Å². The van der Waals surface area contributed by atoms with Crippen molar-refractivity contribution in [1.82, 2.24) is 4.98 Å². The van der Waals surface area contributed by atoms with E-state index in [-0.39, 0.29) is 0 Å². The van der Waals surface area contributed by atoms with E-state index in [4.69, 9.17) is 5.73 Å². The van der Waals surface area contributed by atoms with Crippen LogP contribution >= 0.6 is 0 Å². The van der Waals surface area contributed by atoms with Gasteiger partial charge >= 0.3 is 0 Å². The summed E-state index contributed by atoms with van der Waals surface area (Å²) in [7, 11) is 0. The Morgan fingerprint density at radius 2 is 2.15 bits per heavy atom. The Labute approximate surface area is 78.0 Å². The van der Waals surface area contributed by atoms with Crippen LogP contribution in [0.4, 0.5) is 5.82 Å². The molecule has 1 aromatic heterocycles. The summed E-state index contributed by atoms with van der Waals surface area (Å²) in [5.41, 5.74) is 7.33. The Hall–Kier alpha value is -1.64. The fourth-order valence-corrected chi connectivity index (χ4v) is 0.858. The summed E-state index contributed by atoms with van der Waals surface area (Å²) in [6.45, 7) is 3.99. The summed E-state index contributed by atoms with van der Waals surface area (Å²) in [6, 6.07) is 3.88. The van der Waals surface area contributed by atoms with Crippen molar-refractivity contribution in [3.8, 4) is 0 Å². The zero-order valence-electron chi connectivity index (χ0n) is 7.86. The second-order valence-electron chi connectivity index (χ2n) is 2.73. The average Bonchev–Trinajstić information content (AvgIpc) is 2.12. The van der Waals surface area contributed by atoms with Crippen molar-refractivity contribution in [2.24, 2.45) is 10.7 Å². The van der Waals surface area contributed by atoms with E-state index in [0.29, 0.717) is 5.82 Å². The van der Waals surface area contributed by atoms with Gasteiger partial charge in [-0.15, -0.1) is 0 Å². The van der Waals surface area contributed by atoms with Crippen molar-refractivity contribution in [3.05, 3.63) is 35.7 Å². The zero-order valence-corrected chi connectivity index (χ0v) is 7.86. The lowest BCUT2D eigenvalue weighted by Crippen LogP contribution is -1.85. The predicted octanol–water partition coefficient (Wildman–Crippen LogP) is 1.87. The highest BCUT2D eigenvalue weighted by atomic mass is 14.9. The molecule has 0 unspecified atom stereocenters. The quantitative estimate of drug-likeness (QED) is 0.697. The molecule has 2 N–H and O–H groups in total. The molecule has 0 amide bonds. The van der Waals surface area contributed by atoms with Gasteiger partial charge in [0.1, 0.15) is 0 Å². The smallest absolute Gasteiger partial charge is 0.152 e. The van der Waals surface area contributed by atoms with E-state index in [9.17, 15) is 0 Å². The third-order valence-electron chi connectivity index (χ3n) is 1.74. The third-order valence-corrected chi connectivity index (χ3v) is 1.74. The van der Waals surface area contributed by atoms with Gasteiger partial charge in [-0.3, -0.25) is 0 Å². The lowest BCUT2D eigenvalue weighted by Gasteiger charge is -1.98. The number of nitrogens with two attached hydrogens (primary N) is 1. The first-order chi connectivity index (χ1) is 6.24. The molecule has 13 heavy (non-hydrogen) atoms. The van der Waals surface area contributed by atoms with Crippen LogP contribution in [0.5, 0.6) is 0 Å². The highest BCUT2D eigenvalue weighted by Gasteiger charge is 1.93.